The van der Waals surface area contributed by atoms with E-state index in [2.05, 4.69) is 0 Å². The molecule has 17 heavy (non-hydrogen) atoms. The third-order valence-electron chi connectivity index (χ3n) is 2.12. The lowest BCUT2D eigenvalue weighted by Crippen LogP contribution is -2.35. The maximum absolute atomic E-state index is 11.0. The van der Waals surface area contributed by atoms with Crippen LogP contribution in [0.25, 0.3) is 0 Å². The molecule has 0 unspecified atom stereocenters. The van der Waals surface area contributed by atoms with Gasteiger partial charge in [0.2, 0.25) is 0 Å². The highest BCUT2D eigenvalue weighted by Crippen LogP contribution is 2.04. The van der Waals surface area contributed by atoms with Gasteiger partial charge in [0, 0.05) is 13.0 Å². The molecule has 0 aliphatic carbocycles. The fraction of sp³-hybridized carbons (Fsp3) is 0.700. The summed E-state index contributed by atoms with van der Waals surface area (Å²) in [6.45, 7) is 1.70. The zero-order valence-corrected chi connectivity index (χ0v) is 10.1. The van der Waals surface area contributed by atoms with Crippen molar-refractivity contribution in [2.45, 2.75) is 19.8 Å². The summed E-state index contributed by atoms with van der Waals surface area (Å²) in [4.78, 5) is 11.0. The van der Waals surface area contributed by atoms with E-state index in [1.165, 1.54) is 5.01 Å². The smallest absolute Gasteiger partial charge is 0.305 e. The van der Waals surface area contributed by atoms with Gasteiger partial charge in [-0.1, -0.05) is 0 Å². The monoisotopic (exact) mass is 247 g/mol. The Hall–Kier alpha value is -1.31. The van der Waals surface area contributed by atoms with Gasteiger partial charge in [0.1, 0.15) is 0 Å². The van der Waals surface area contributed by atoms with Gasteiger partial charge in [-0.2, -0.15) is 0 Å². The molecule has 0 fully saturated rings. The van der Waals surface area contributed by atoms with E-state index in [-0.39, 0.29) is 37.0 Å². The molecule has 0 aromatic rings. The molecule has 0 heterocycles. The molecule has 0 aromatic heterocycles. The summed E-state index contributed by atoms with van der Waals surface area (Å²) in [5, 5.41) is 19.1. The SMILES string of the molecule is CCOC(=O)CCCN(N)/C(CO)=C(\N)CO. The molecule has 7 heteroatoms. The van der Waals surface area contributed by atoms with Crippen LogP contribution in [0.4, 0.5) is 0 Å². The Morgan fingerprint density at radius 2 is 2.00 bits per heavy atom. The lowest BCUT2D eigenvalue weighted by molar-refractivity contribution is -0.143. The Kier molecular flexibility index (Phi) is 8.12. The average molecular weight is 247 g/mol. The second-order valence-electron chi connectivity index (χ2n) is 3.39. The van der Waals surface area contributed by atoms with E-state index in [4.69, 9.17) is 26.5 Å². The molecule has 100 valence electrons. The van der Waals surface area contributed by atoms with E-state index in [1.807, 2.05) is 0 Å². The van der Waals surface area contributed by atoms with Gasteiger partial charge in [0.25, 0.3) is 0 Å². The molecular formula is C10H21N3O4. The third kappa shape index (κ3) is 6.10. The van der Waals surface area contributed by atoms with Crippen molar-refractivity contribution in [2.24, 2.45) is 11.6 Å². The second kappa shape index (κ2) is 8.80. The number of ether oxygens (including phenoxy) is 1. The van der Waals surface area contributed by atoms with Crippen LogP contribution in [-0.4, -0.2) is 47.6 Å². The van der Waals surface area contributed by atoms with E-state index in [0.717, 1.165) is 0 Å². The molecule has 0 spiro atoms. The Balaban J connectivity index is 4.08. The van der Waals surface area contributed by atoms with Crippen molar-refractivity contribution in [2.75, 3.05) is 26.4 Å². The number of nitrogens with two attached hydrogens (primary N) is 2. The van der Waals surface area contributed by atoms with Crippen molar-refractivity contribution in [3.05, 3.63) is 11.4 Å². The van der Waals surface area contributed by atoms with Gasteiger partial charge >= 0.3 is 5.97 Å². The van der Waals surface area contributed by atoms with Crippen molar-refractivity contribution in [3.8, 4) is 0 Å². The minimum Gasteiger partial charge on any atom is -0.466 e. The summed E-state index contributed by atoms with van der Waals surface area (Å²) >= 11 is 0. The topological polar surface area (TPSA) is 122 Å². The summed E-state index contributed by atoms with van der Waals surface area (Å²) < 4.78 is 4.75. The van der Waals surface area contributed by atoms with Crippen molar-refractivity contribution in [1.29, 1.82) is 0 Å². The number of aliphatic hydroxyl groups is 2. The van der Waals surface area contributed by atoms with Gasteiger partial charge in [0.05, 0.1) is 31.2 Å². The highest BCUT2D eigenvalue weighted by molar-refractivity contribution is 5.69. The molecule has 0 amide bonds. The number of esters is 1. The number of rotatable bonds is 8. The van der Waals surface area contributed by atoms with Gasteiger partial charge in [0.15, 0.2) is 0 Å². The maximum Gasteiger partial charge on any atom is 0.305 e. The zero-order valence-electron chi connectivity index (χ0n) is 10.1. The minimum absolute atomic E-state index is 0.117. The first kappa shape index (κ1) is 15.7. The normalized spacial score (nSPS) is 12.0. The molecule has 0 radical (unpaired) electrons. The zero-order chi connectivity index (χ0) is 13.3. The van der Waals surface area contributed by atoms with Gasteiger partial charge in [-0.25, -0.2) is 5.84 Å². The van der Waals surface area contributed by atoms with Crippen LogP contribution in [0.3, 0.4) is 0 Å². The lowest BCUT2D eigenvalue weighted by atomic mass is 10.2. The number of aliphatic hydroxyl groups excluding tert-OH is 2. The van der Waals surface area contributed by atoms with Crippen molar-refractivity contribution in [1.82, 2.24) is 5.01 Å². The first-order valence-corrected chi connectivity index (χ1v) is 5.43. The summed E-state index contributed by atoms with van der Waals surface area (Å²) in [6.07, 6.45) is 0.733. The molecule has 0 saturated carbocycles. The van der Waals surface area contributed by atoms with Crippen molar-refractivity contribution in [3.63, 3.8) is 0 Å². The molecule has 0 aliphatic heterocycles. The summed E-state index contributed by atoms with van der Waals surface area (Å²) in [7, 11) is 0. The Labute approximate surface area is 101 Å². The van der Waals surface area contributed by atoms with E-state index >= 15 is 0 Å². The van der Waals surface area contributed by atoms with Crippen LogP contribution >= 0.6 is 0 Å². The van der Waals surface area contributed by atoms with Crippen LogP contribution in [0.15, 0.2) is 11.4 Å². The quantitative estimate of drug-likeness (QED) is 0.238. The largest absolute Gasteiger partial charge is 0.466 e. The van der Waals surface area contributed by atoms with Gasteiger partial charge < -0.3 is 25.7 Å². The predicted octanol–water partition coefficient (Wildman–Crippen LogP) is -1.34. The molecule has 0 rings (SSSR count). The summed E-state index contributed by atoms with van der Waals surface area (Å²) in [5.74, 6) is 5.35. The van der Waals surface area contributed by atoms with Crippen LogP contribution in [-0.2, 0) is 9.53 Å². The first-order chi connectivity index (χ1) is 8.06. The van der Waals surface area contributed by atoms with E-state index in [9.17, 15) is 4.79 Å². The molecule has 7 nitrogen and oxygen atoms in total. The first-order valence-electron chi connectivity index (χ1n) is 5.43. The van der Waals surface area contributed by atoms with E-state index in [0.29, 0.717) is 19.6 Å². The van der Waals surface area contributed by atoms with Crippen LogP contribution in [0.2, 0.25) is 0 Å². The number of nitrogens with zero attached hydrogens (tertiary/aromatic N) is 1. The minimum atomic E-state index is -0.374. The molecule has 6 N–H and O–H groups in total. The molecule has 0 saturated heterocycles. The molecule has 0 atom stereocenters. The van der Waals surface area contributed by atoms with Crippen LogP contribution in [0.1, 0.15) is 19.8 Å². The van der Waals surface area contributed by atoms with Crippen LogP contribution in [0, 0.1) is 0 Å². The third-order valence-corrected chi connectivity index (χ3v) is 2.12. The lowest BCUT2D eigenvalue weighted by Gasteiger charge is -2.22. The highest BCUT2D eigenvalue weighted by atomic mass is 16.5. The number of carbonyl (C=O) groups is 1. The summed E-state index contributed by atoms with van der Waals surface area (Å²) in [5.41, 5.74) is 5.84. The number of carbonyl (C=O) groups excluding carboxylic acids is 1. The Morgan fingerprint density at radius 1 is 1.35 bits per heavy atom. The fourth-order valence-corrected chi connectivity index (χ4v) is 1.23. The molecule has 0 aliphatic rings. The van der Waals surface area contributed by atoms with Crippen LogP contribution in [0.5, 0.6) is 0 Å². The standard InChI is InChI=1S/C10H21N3O4/c1-2-17-10(16)4-3-5-13(12)9(7-15)8(11)6-14/h14-15H,2-7,11-12H2,1H3/b9-8-. The van der Waals surface area contributed by atoms with Gasteiger partial charge in [-0.05, 0) is 13.3 Å². The molecule has 0 bridgehead atoms. The predicted molar refractivity (Wildman–Crippen MR) is 62.1 cm³/mol. The highest BCUT2D eigenvalue weighted by Gasteiger charge is 2.09. The number of hydrogen-bond acceptors (Lipinski definition) is 7. The number of hydrogen-bond donors (Lipinski definition) is 4. The average Bonchev–Trinajstić information content (AvgIpc) is 2.30. The summed E-state index contributed by atoms with van der Waals surface area (Å²) in [6, 6.07) is 0. The van der Waals surface area contributed by atoms with Crippen molar-refractivity contribution < 1.29 is 19.7 Å². The number of hydrazine groups is 1. The Bertz CT molecular complexity index is 268. The Morgan fingerprint density at radius 3 is 2.47 bits per heavy atom. The van der Waals surface area contributed by atoms with E-state index in [1.54, 1.807) is 6.92 Å². The molecule has 0 aromatic carbocycles. The fourth-order valence-electron chi connectivity index (χ4n) is 1.23. The van der Waals surface area contributed by atoms with E-state index < -0.39 is 0 Å². The van der Waals surface area contributed by atoms with Crippen molar-refractivity contribution >= 4 is 5.97 Å². The van der Waals surface area contributed by atoms with Crippen LogP contribution < -0.4 is 11.6 Å². The van der Waals surface area contributed by atoms with Gasteiger partial charge in [-0.15, -0.1) is 0 Å². The van der Waals surface area contributed by atoms with Gasteiger partial charge in [-0.3, -0.25) is 4.79 Å². The second-order valence-corrected chi connectivity index (χ2v) is 3.39. The molecular weight excluding hydrogens is 226 g/mol. The maximum atomic E-state index is 11.0.